The second kappa shape index (κ2) is 2.44. The van der Waals surface area contributed by atoms with Crippen LogP contribution in [0.2, 0.25) is 0 Å². The van der Waals surface area contributed by atoms with Crippen molar-refractivity contribution in [2.75, 3.05) is 20.6 Å². The molecule has 0 aliphatic carbocycles. The normalized spacial score (nSPS) is 12.8. The van der Waals surface area contributed by atoms with Crippen LogP contribution in [0.3, 0.4) is 0 Å². The van der Waals surface area contributed by atoms with Crippen molar-refractivity contribution in [3.8, 4) is 0 Å². The molecule has 0 aliphatic heterocycles. The molecule has 0 amide bonds. The van der Waals surface area contributed by atoms with Crippen molar-refractivity contribution in [1.82, 2.24) is 4.90 Å². The first-order chi connectivity index (χ1) is 3.42. The Bertz CT molecular complexity index is 65.3. The quantitative estimate of drug-likeness (QED) is 0.470. The number of hydrogen-bond donors (Lipinski definition) is 2. The van der Waals surface area contributed by atoms with Crippen LogP contribution in [0.4, 0.5) is 0 Å². The molecule has 8 heavy (non-hydrogen) atoms. The molecular weight excluding hydrogens is 106 g/mol. The fraction of sp³-hybridized carbons (Fsp3) is 1.00. The van der Waals surface area contributed by atoms with Crippen molar-refractivity contribution in [2.24, 2.45) is 0 Å². The van der Waals surface area contributed by atoms with Gasteiger partial charge in [0, 0.05) is 0 Å². The van der Waals surface area contributed by atoms with E-state index in [1.807, 2.05) is 0 Å². The highest BCUT2D eigenvalue weighted by atomic mass is 16.5. The average molecular weight is 119 g/mol. The van der Waals surface area contributed by atoms with E-state index >= 15 is 0 Å². The Morgan fingerprint density at radius 3 is 1.75 bits per heavy atom. The number of likely N-dealkylation sites (N-methyl/N-ethyl adjacent to an activating group) is 1. The summed E-state index contributed by atoms with van der Waals surface area (Å²) in [7, 11) is 3.56. The molecule has 0 unspecified atom stereocenters. The summed E-state index contributed by atoms with van der Waals surface area (Å²) < 4.78 is 0. The van der Waals surface area contributed by atoms with Crippen LogP contribution >= 0.6 is 0 Å². The summed E-state index contributed by atoms with van der Waals surface area (Å²) in [5.41, 5.74) is 0. The van der Waals surface area contributed by atoms with Gasteiger partial charge in [-0.2, -0.15) is 0 Å². The Balaban J connectivity index is 3.39. The van der Waals surface area contributed by atoms with Gasteiger partial charge in [-0.1, -0.05) is 0 Å². The van der Waals surface area contributed by atoms with Crippen LogP contribution in [-0.4, -0.2) is 41.5 Å². The van der Waals surface area contributed by atoms with Gasteiger partial charge in [0.05, 0.1) is 6.54 Å². The lowest BCUT2D eigenvalue weighted by atomic mass is 10.3. The summed E-state index contributed by atoms with van der Waals surface area (Å²) in [5, 5.41) is 17.4. The smallest absolute Gasteiger partial charge is 0.172 e. The Morgan fingerprint density at radius 2 is 1.75 bits per heavy atom. The molecule has 0 atom stereocenters. The predicted molar refractivity (Wildman–Crippen MR) is 31.4 cm³/mol. The zero-order chi connectivity index (χ0) is 6.78. The summed E-state index contributed by atoms with van der Waals surface area (Å²) in [6.07, 6.45) is 0. The molecule has 3 nitrogen and oxygen atoms in total. The van der Waals surface area contributed by atoms with Gasteiger partial charge in [-0.05, 0) is 21.0 Å². The van der Waals surface area contributed by atoms with Gasteiger partial charge in [0.2, 0.25) is 0 Å². The highest BCUT2D eigenvalue weighted by Gasteiger charge is 2.14. The molecule has 0 heterocycles. The summed E-state index contributed by atoms with van der Waals surface area (Å²) in [4.78, 5) is 1.71. The Labute approximate surface area is 49.5 Å². The van der Waals surface area contributed by atoms with Gasteiger partial charge in [0.15, 0.2) is 5.79 Å². The molecule has 0 radical (unpaired) electrons. The summed E-state index contributed by atoms with van der Waals surface area (Å²) in [6, 6.07) is 0. The Morgan fingerprint density at radius 1 is 1.38 bits per heavy atom. The van der Waals surface area contributed by atoms with E-state index in [1.54, 1.807) is 19.0 Å². The summed E-state index contributed by atoms with van der Waals surface area (Å²) in [5.74, 6) is -1.55. The van der Waals surface area contributed by atoms with E-state index in [0.29, 0.717) is 0 Å². The van der Waals surface area contributed by atoms with Gasteiger partial charge in [0.1, 0.15) is 0 Å². The molecule has 0 aromatic heterocycles. The van der Waals surface area contributed by atoms with Crippen LogP contribution < -0.4 is 0 Å². The van der Waals surface area contributed by atoms with Crippen molar-refractivity contribution in [2.45, 2.75) is 12.7 Å². The number of rotatable bonds is 2. The van der Waals surface area contributed by atoms with E-state index in [-0.39, 0.29) is 6.54 Å². The second-order valence-corrected chi connectivity index (χ2v) is 2.45. The zero-order valence-corrected chi connectivity index (χ0v) is 5.55. The van der Waals surface area contributed by atoms with Gasteiger partial charge in [0.25, 0.3) is 0 Å². The van der Waals surface area contributed by atoms with Gasteiger partial charge < -0.3 is 15.1 Å². The molecule has 3 heteroatoms. The Hall–Kier alpha value is -0.120. The van der Waals surface area contributed by atoms with Gasteiger partial charge in [-0.3, -0.25) is 0 Å². The van der Waals surface area contributed by atoms with Crippen molar-refractivity contribution in [1.29, 1.82) is 0 Å². The number of hydrogen-bond acceptors (Lipinski definition) is 3. The van der Waals surface area contributed by atoms with E-state index in [4.69, 9.17) is 10.2 Å². The highest BCUT2D eigenvalue weighted by molar-refractivity contribution is 4.58. The topological polar surface area (TPSA) is 43.7 Å². The molecule has 0 aromatic rings. The molecule has 0 rings (SSSR count). The fourth-order valence-corrected chi connectivity index (χ4v) is 0.599. The maximum absolute atomic E-state index is 8.70. The molecule has 0 bridgehead atoms. The zero-order valence-electron chi connectivity index (χ0n) is 5.55. The number of aliphatic hydroxyl groups is 2. The average Bonchev–Trinajstić information content (AvgIpc) is 1.21. The minimum atomic E-state index is -1.55. The van der Waals surface area contributed by atoms with E-state index in [9.17, 15) is 0 Å². The first-order valence-corrected chi connectivity index (χ1v) is 2.51. The Kier molecular flexibility index (Phi) is 2.40. The molecular formula is C5H13NO2. The second-order valence-electron chi connectivity index (χ2n) is 2.45. The van der Waals surface area contributed by atoms with Gasteiger partial charge >= 0.3 is 0 Å². The SMILES string of the molecule is CN(C)CC(C)(O)O. The third kappa shape index (κ3) is 5.88. The molecule has 50 valence electrons. The van der Waals surface area contributed by atoms with Crippen LogP contribution in [-0.2, 0) is 0 Å². The minimum Gasteiger partial charge on any atom is -0.365 e. The molecule has 0 aliphatic rings. The molecule has 2 N–H and O–H groups in total. The van der Waals surface area contributed by atoms with Crippen LogP contribution in [0, 0.1) is 0 Å². The molecule has 0 saturated carbocycles. The minimum absolute atomic E-state index is 0.271. The van der Waals surface area contributed by atoms with Crippen molar-refractivity contribution < 1.29 is 10.2 Å². The summed E-state index contributed by atoms with van der Waals surface area (Å²) in [6.45, 7) is 1.63. The monoisotopic (exact) mass is 119 g/mol. The van der Waals surface area contributed by atoms with E-state index < -0.39 is 5.79 Å². The molecule has 0 aromatic carbocycles. The maximum Gasteiger partial charge on any atom is 0.172 e. The predicted octanol–water partition coefficient (Wildman–Crippen LogP) is -0.751. The summed E-state index contributed by atoms with van der Waals surface area (Å²) >= 11 is 0. The third-order valence-electron chi connectivity index (χ3n) is 0.616. The van der Waals surface area contributed by atoms with Crippen molar-refractivity contribution in [3.63, 3.8) is 0 Å². The maximum atomic E-state index is 8.70. The molecule has 0 spiro atoms. The van der Waals surface area contributed by atoms with Crippen LogP contribution in [0.5, 0.6) is 0 Å². The lowest BCUT2D eigenvalue weighted by Gasteiger charge is -2.19. The lowest BCUT2D eigenvalue weighted by Crippen LogP contribution is -2.36. The fourth-order valence-electron chi connectivity index (χ4n) is 0.599. The van der Waals surface area contributed by atoms with Crippen LogP contribution in [0.15, 0.2) is 0 Å². The molecule has 0 fully saturated rings. The first kappa shape index (κ1) is 7.88. The van der Waals surface area contributed by atoms with Crippen molar-refractivity contribution >= 4 is 0 Å². The molecule has 0 saturated heterocycles. The van der Waals surface area contributed by atoms with Gasteiger partial charge in [-0.15, -0.1) is 0 Å². The first-order valence-electron chi connectivity index (χ1n) is 2.51. The highest BCUT2D eigenvalue weighted by Crippen LogP contribution is 1.95. The van der Waals surface area contributed by atoms with Crippen LogP contribution in [0.1, 0.15) is 6.92 Å². The number of nitrogens with zero attached hydrogens (tertiary/aromatic N) is 1. The standard InChI is InChI=1S/C5H13NO2/c1-5(7,8)4-6(2)3/h7-8H,4H2,1-3H3. The van der Waals surface area contributed by atoms with E-state index in [1.165, 1.54) is 6.92 Å². The van der Waals surface area contributed by atoms with Crippen molar-refractivity contribution in [3.05, 3.63) is 0 Å². The largest absolute Gasteiger partial charge is 0.365 e. The van der Waals surface area contributed by atoms with Crippen LogP contribution in [0.25, 0.3) is 0 Å². The lowest BCUT2D eigenvalue weighted by molar-refractivity contribution is -0.153. The van der Waals surface area contributed by atoms with E-state index in [2.05, 4.69) is 0 Å². The van der Waals surface area contributed by atoms with E-state index in [0.717, 1.165) is 0 Å². The van der Waals surface area contributed by atoms with Gasteiger partial charge in [-0.25, -0.2) is 0 Å². The third-order valence-corrected chi connectivity index (χ3v) is 0.616.